The smallest absolute Gasteiger partial charge is 0.225 e. The molecule has 0 bridgehead atoms. The van der Waals surface area contributed by atoms with E-state index in [2.05, 4.69) is 5.32 Å². The molecule has 0 aliphatic heterocycles. The Morgan fingerprint density at radius 2 is 1.94 bits per heavy atom. The summed E-state index contributed by atoms with van der Waals surface area (Å²) in [5.41, 5.74) is 6.91. The Morgan fingerprint density at radius 1 is 1.29 bits per heavy atom. The maximum atomic E-state index is 11.5. The van der Waals surface area contributed by atoms with Crippen LogP contribution >= 0.6 is 0 Å². The minimum absolute atomic E-state index is 0.112. The number of carbonyl (C=O) groups is 1. The van der Waals surface area contributed by atoms with E-state index in [-0.39, 0.29) is 12.3 Å². The molecule has 0 aliphatic carbocycles. The monoisotopic (exact) mass is 254 g/mol. The van der Waals surface area contributed by atoms with Gasteiger partial charge in [0.05, 0.1) is 0 Å². The number of amides is 1. The molecule has 4 nitrogen and oxygen atoms in total. The van der Waals surface area contributed by atoms with Crippen molar-refractivity contribution < 1.29 is 9.00 Å². The zero-order valence-corrected chi connectivity index (χ0v) is 10.8. The van der Waals surface area contributed by atoms with E-state index >= 15 is 0 Å². The van der Waals surface area contributed by atoms with Gasteiger partial charge in [0.25, 0.3) is 0 Å². The first kappa shape index (κ1) is 13.7. The molecule has 0 aromatic heterocycles. The molecule has 1 aromatic rings. The minimum atomic E-state index is -0.883. The Labute approximate surface area is 104 Å². The van der Waals surface area contributed by atoms with Crippen molar-refractivity contribution in [3.8, 4) is 0 Å². The molecule has 0 radical (unpaired) electrons. The van der Waals surface area contributed by atoms with E-state index < -0.39 is 10.8 Å². The lowest BCUT2D eigenvalue weighted by molar-refractivity contribution is -0.115. The highest BCUT2D eigenvalue weighted by atomic mass is 32.2. The van der Waals surface area contributed by atoms with Crippen LogP contribution < -0.4 is 11.1 Å². The summed E-state index contributed by atoms with van der Waals surface area (Å²) in [7, 11) is -0.883. The largest absolute Gasteiger partial charge is 0.399 e. The van der Waals surface area contributed by atoms with Gasteiger partial charge in [0.2, 0.25) is 5.91 Å². The van der Waals surface area contributed by atoms with Crippen LogP contribution in [0.15, 0.2) is 24.3 Å². The standard InChI is InChI=1S/C12H18N2O2S/c1-2-8-17(16)9-7-12(15)14-11-5-3-10(13)4-6-11/h3-6H,2,7-9,13H2,1H3,(H,14,15). The summed E-state index contributed by atoms with van der Waals surface area (Å²) >= 11 is 0. The summed E-state index contributed by atoms with van der Waals surface area (Å²) < 4.78 is 11.4. The molecule has 17 heavy (non-hydrogen) atoms. The predicted octanol–water partition coefficient (Wildman–Crippen LogP) is 1.76. The third-order valence-corrected chi connectivity index (χ3v) is 3.71. The maximum Gasteiger partial charge on any atom is 0.225 e. The van der Waals surface area contributed by atoms with E-state index in [0.717, 1.165) is 6.42 Å². The SMILES string of the molecule is CCCS(=O)CCC(=O)Nc1ccc(N)cc1. The van der Waals surface area contributed by atoms with Crippen molar-refractivity contribution in [3.05, 3.63) is 24.3 Å². The molecule has 1 amide bonds. The number of hydrogen-bond donors (Lipinski definition) is 2. The van der Waals surface area contributed by atoms with Crippen LogP contribution in [0, 0.1) is 0 Å². The lowest BCUT2D eigenvalue weighted by atomic mass is 10.3. The Kier molecular flexibility index (Phi) is 5.69. The molecule has 0 saturated heterocycles. The summed E-state index contributed by atoms with van der Waals surface area (Å²) in [6.45, 7) is 1.98. The van der Waals surface area contributed by atoms with Crippen LogP contribution in [0.5, 0.6) is 0 Å². The van der Waals surface area contributed by atoms with Gasteiger partial charge >= 0.3 is 0 Å². The van der Waals surface area contributed by atoms with Crippen LogP contribution in [-0.4, -0.2) is 21.6 Å². The van der Waals surface area contributed by atoms with E-state index in [4.69, 9.17) is 5.73 Å². The third kappa shape index (κ3) is 5.49. The predicted molar refractivity (Wildman–Crippen MR) is 72.3 cm³/mol. The third-order valence-electron chi connectivity index (χ3n) is 2.18. The number of carbonyl (C=O) groups excluding carboxylic acids is 1. The quantitative estimate of drug-likeness (QED) is 0.760. The van der Waals surface area contributed by atoms with Gasteiger partial charge in [-0.1, -0.05) is 6.92 Å². The molecule has 1 atom stereocenters. The number of anilines is 2. The van der Waals surface area contributed by atoms with Crippen molar-refractivity contribution in [3.63, 3.8) is 0 Å². The van der Waals surface area contributed by atoms with Crippen molar-refractivity contribution >= 4 is 28.1 Å². The van der Waals surface area contributed by atoms with Gasteiger partial charge < -0.3 is 11.1 Å². The van der Waals surface area contributed by atoms with E-state index in [9.17, 15) is 9.00 Å². The fourth-order valence-corrected chi connectivity index (χ4v) is 2.40. The molecule has 1 unspecified atom stereocenters. The average molecular weight is 254 g/mol. The summed E-state index contributed by atoms with van der Waals surface area (Å²) in [6, 6.07) is 6.95. The van der Waals surface area contributed by atoms with Gasteiger partial charge in [-0.05, 0) is 30.7 Å². The second-order valence-electron chi connectivity index (χ2n) is 3.77. The summed E-state index contributed by atoms with van der Waals surface area (Å²) in [5, 5.41) is 2.74. The number of hydrogen-bond acceptors (Lipinski definition) is 3. The Morgan fingerprint density at radius 3 is 2.53 bits per heavy atom. The van der Waals surface area contributed by atoms with Crippen LogP contribution in [0.3, 0.4) is 0 Å². The molecule has 0 fully saturated rings. The highest BCUT2D eigenvalue weighted by Gasteiger charge is 2.05. The molecule has 3 N–H and O–H groups in total. The van der Waals surface area contributed by atoms with E-state index in [0.29, 0.717) is 22.9 Å². The van der Waals surface area contributed by atoms with Gasteiger partial charge in [-0.25, -0.2) is 0 Å². The minimum Gasteiger partial charge on any atom is -0.399 e. The van der Waals surface area contributed by atoms with Crippen molar-refractivity contribution in [1.29, 1.82) is 0 Å². The molecular formula is C12H18N2O2S. The zero-order chi connectivity index (χ0) is 12.7. The molecule has 0 spiro atoms. The average Bonchev–Trinajstić information content (AvgIpc) is 2.30. The maximum absolute atomic E-state index is 11.5. The van der Waals surface area contributed by atoms with Gasteiger partial charge in [0, 0.05) is 40.1 Å². The second-order valence-corrected chi connectivity index (χ2v) is 5.46. The van der Waals surface area contributed by atoms with Gasteiger partial charge in [0.15, 0.2) is 0 Å². The van der Waals surface area contributed by atoms with E-state index in [1.54, 1.807) is 24.3 Å². The van der Waals surface area contributed by atoms with Crippen LogP contribution in [0.4, 0.5) is 11.4 Å². The van der Waals surface area contributed by atoms with Gasteiger partial charge in [0.1, 0.15) is 0 Å². The molecule has 0 saturated carbocycles. The first-order valence-electron chi connectivity index (χ1n) is 5.62. The second kappa shape index (κ2) is 7.06. The number of nitrogens with one attached hydrogen (secondary N) is 1. The fourth-order valence-electron chi connectivity index (χ4n) is 1.33. The van der Waals surface area contributed by atoms with Crippen LogP contribution in [0.25, 0.3) is 0 Å². The van der Waals surface area contributed by atoms with Crippen molar-refractivity contribution in [1.82, 2.24) is 0 Å². The van der Waals surface area contributed by atoms with Crippen molar-refractivity contribution in [2.75, 3.05) is 22.6 Å². The lowest BCUT2D eigenvalue weighted by Crippen LogP contribution is -2.15. The number of benzene rings is 1. The molecule has 1 rings (SSSR count). The Bertz CT molecular complexity index is 390. The summed E-state index contributed by atoms with van der Waals surface area (Å²) in [4.78, 5) is 11.5. The number of rotatable bonds is 6. The van der Waals surface area contributed by atoms with Crippen LogP contribution in [0.2, 0.25) is 0 Å². The van der Waals surface area contributed by atoms with Gasteiger partial charge in [-0.2, -0.15) is 0 Å². The van der Waals surface area contributed by atoms with Gasteiger partial charge in [-0.15, -0.1) is 0 Å². The Balaban J connectivity index is 2.34. The zero-order valence-electron chi connectivity index (χ0n) is 9.94. The summed E-state index contributed by atoms with van der Waals surface area (Å²) in [6.07, 6.45) is 1.17. The van der Waals surface area contributed by atoms with E-state index in [1.807, 2.05) is 6.92 Å². The van der Waals surface area contributed by atoms with Crippen molar-refractivity contribution in [2.24, 2.45) is 0 Å². The molecule has 94 valence electrons. The lowest BCUT2D eigenvalue weighted by Gasteiger charge is -2.05. The molecule has 5 heteroatoms. The molecule has 1 aromatic carbocycles. The van der Waals surface area contributed by atoms with Crippen LogP contribution in [-0.2, 0) is 15.6 Å². The molecular weight excluding hydrogens is 236 g/mol. The van der Waals surface area contributed by atoms with Crippen molar-refractivity contribution in [2.45, 2.75) is 19.8 Å². The number of nitrogens with two attached hydrogens (primary N) is 1. The fraction of sp³-hybridized carbons (Fsp3) is 0.417. The highest BCUT2D eigenvalue weighted by Crippen LogP contribution is 2.10. The van der Waals surface area contributed by atoms with Crippen LogP contribution in [0.1, 0.15) is 19.8 Å². The molecule has 0 heterocycles. The highest BCUT2D eigenvalue weighted by molar-refractivity contribution is 7.84. The van der Waals surface area contributed by atoms with E-state index in [1.165, 1.54) is 0 Å². The Hall–Kier alpha value is -1.36. The molecule has 0 aliphatic rings. The topological polar surface area (TPSA) is 72.2 Å². The first-order valence-corrected chi connectivity index (χ1v) is 7.11. The first-order chi connectivity index (χ1) is 8.11. The normalized spacial score (nSPS) is 12.1. The van der Waals surface area contributed by atoms with Gasteiger partial charge in [-0.3, -0.25) is 9.00 Å². The summed E-state index contributed by atoms with van der Waals surface area (Å²) in [5.74, 6) is 0.975. The number of nitrogen functional groups attached to an aromatic ring is 1.